The smallest absolute Gasteiger partial charge is 0.0915 e. The summed E-state index contributed by atoms with van der Waals surface area (Å²) in [6.45, 7) is 8.53. The third-order valence-electron chi connectivity index (χ3n) is 4.13. The van der Waals surface area contributed by atoms with Gasteiger partial charge < -0.3 is 24.1 Å². The van der Waals surface area contributed by atoms with Crippen LogP contribution in [0.25, 0.3) is 0 Å². The van der Waals surface area contributed by atoms with Gasteiger partial charge in [-0.1, -0.05) is 27.7 Å². The number of methoxy groups -OCH3 is 4. The summed E-state index contributed by atoms with van der Waals surface area (Å²) in [5, 5.41) is 9.61. The zero-order valence-corrected chi connectivity index (χ0v) is 14.2. The Kier molecular flexibility index (Phi) is 8.21. The van der Waals surface area contributed by atoms with Crippen LogP contribution in [0.15, 0.2) is 0 Å². The van der Waals surface area contributed by atoms with Crippen LogP contribution >= 0.6 is 0 Å². The van der Waals surface area contributed by atoms with E-state index in [4.69, 9.17) is 18.9 Å². The number of hydrogen-bond donors (Lipinski definition) is 1. The molecule has 0 spiro atoms. The van der Waals surface area contributed by atoms with E-state index in [-0.39, 0.29) is 30.3 Å². The zero-order valence-electron chi connectivity index (χ0n) is 14.2. The van der Waals surface area contributed by atoms with E-state index in [2.05, 4.69) is 13.8 Å². The van der Waals surface area contributed by atoms with Crippen LogP contribution < -0.4 is 0 Å². The number of rotatable bonds is 10. The van der Waals surface area contributed by atoms with Crippen LogP contribution in [0.5, 0.6) is 0 Å². The van der Waals surface area contributed by atoms with Crippen molar-refractivity contribution in [2.75, 3.05) is 41.7 Å². The molecule has 5 nitrogen and oxygen atoms in total. The van der Waals surface area contributed by atoms with Crippen molar-refractivity contribution in [3.63, 3.8) is 0 Å². The summed E-state index contributed by atoms with van der Waals surface area (Å²) < 4.78 is 22.1. The first-order valence-electron chi connectivity index (χ1n) is 6.91. The highest BCUT2D eigenvalue weighted by Gasteiger charge is 2.47. The first-order valence-corrected chi connectivity index (χ1v) is 6.91. The van der Waals surface area contributed by atoms with E-state index in [9.17, 15) is 5.11 Å². The molecule has 0 aromatic carbocycles. The van der Waals surface area contributed by atoms with Gasteiger partial charge in [0.25, 0.3) is 0 Å². The van der Waals surface area contributed by atoms with Crippen molar-refractivity contribution in [3.8, 4) is 0 Å². The van der Waals surface area contributed by atoms with Gasteiger partial charge in [0.1, 0.15) is 0 Å². The van der Waals surface area contributed by atoms with Crippen molar-refractivity contribution < 1.29 is 24.1 Å². The minimum absolute atomic E-state index is 0.0172. The maximum absolute atomic E-state index is 9.61. The van der Waals surface area contributed by atoms with Crippen LogP contribution in [0, 0.1) is 10.8 Å². The van der Waals surface area contributed by atoms with E-state index >= 15 is 0 Å². The van der Waals surface area contributed by atoms with Crippen LogP contribution in [0.4, 0.5) is 0 Å². The fourth-order valence-electron chi connectivity index (χ4n) is 2.68. The second-order valence-corrected chi connectivity index (χ2v) is 6.46. The lowest BCUT2D eigenvalue weighted by Crippen LogP contribution is -2.55. The minimum Gasteiger partial charge on any atom is -0.396 e. The van der Waals surface area contributed by atoms with Crippen molar-refractivity contribution >= 4 is 0 Å². The Morgan fingerprint density at radius 2 is 1.35 bits per heavy atom. The maximum atomic E-state index is 9.61. The summed E-state index contributed by atoms with van der Waals surface area (Å²) in [6, 6.07) is 0. The third-order valence-corrected chi connectivity index (χ3v) is 4.13. The topological polar surface area (TPSA) is 57.2 Å². The highest BCUT2D eigenvalue weighted by Crippen LogP contribution is 2.38. The molecule has 1 N–H and O–H groups in total. The summed E-state index contributed by atoms with van der Waals surface area (Å²) in [5.74, 6) is 0. The molecule has 20 heavy (non-hydrogen) atoms. The molecule has 0 aliphatic carbocycles. The average Bonchev–Trinajstić information content (AvgIpc) is 2.40. The molecule has 3 atom stereocenters. The van der Waals surface area contributed by atoms with Crippen LogP contribution in [-0.4, -0.2) is 65.1 Å². The van der Waals surface area contributed by atoms with E-state index in [1.807, 2.05) is 13.8 Å². The first-order chi connectivity index (χ1) is 9.22. The molecule has 122 valence electrons. The van der Waals surface area contributed by atoms with Crippen molar-refractivity contribution in [2.24, 2.45) is 10.8 Å². The third kappa shape index (κ3) is 4.40. The Bertz CT molecular complexity index is 265. The van der Waals surface area contributed by atoms with Gasteiger partial charge in [0, 0.05) is 39.3 Å². The van der Waals surface area contributed by atoms with E-state index in [0.29, 0.717) is 6.61 Å². The highest BCUT2D eigenvalue weighted by atomic mass is 16.5. The molecule has 0 saturated heterocycles. The molecule has 0 heterocycles. The number of aliphatic hydroxyl groups is 1. The Hall–Kier alpha value is -0.200. The van der Waals surface area contributed by atoms with Gasteiger partial charge in [-0.05, 0) is 0 Å². The Labute approximate surface area is 123 Å². The van der Waals surface area contributed by atoms with Gasteiger partial charge in [-0.25, -0.2) is 0 Å². The largest absolute Gasteiger partial charge is 0.396 e. The summed E-state index contributed by atoms with van der Waals surface area (Å²) in [7, 11) is 6.61. The zero-order chi connectivity index (χ0) is 16.0. The molecule has 0 radical (unpaired) electrons. The van der Waals surface area contributed by atoms with Gasteiger partial charge in [-0.15, -0.1) is 0 Å². The Morgan fingerprint density at radius 3 is 1.65 bits per heavy atom. The molecule has 0 aromatic heterocycles. The molecule has 0 bridgehead atoms. The quantitative estimate of drug-likeness (QED) is 0.664. The fraction of sp³-hybridized carbons (Fsp3) is 1.00. The van der Waals surface area contributed by atoms with Crippen molar-refractivity contribution in [3.05, 3.63) is 0 Å². The molecule has 0 fully saturated rings. The predicted molar refractivity (Wildman–Crippen MR) is 78.9 cm³/mol. The molecular formula is C15H32O5. The van der Waals surface area contributed by atoms with Gasteiger partial charge in [0.15, 0.2) is 0 Å². The first kappa shape index (κ1) is 19.8. The molecule has 0 aliphatic rings. The number of ether oxygens (including phenoxy) is 4. The van der Waals surface area contributed by atoms with Crippen molar-refractivity contribution in [1.29, 1.82) is 0 Å². The van der Waals surface area contributed by atoms with Gasteiger partial charge in [-0.2, -0.15) is 0 Å². The van der Waals surface area contributed by atoms with Gasteiger partial charge in [0.2, 0.25) is 0 Å². The summed E-state index contributed by atoms with van der Waals surface area (Å²) in [4.78, 5) is 0. The average molecular weight is 292 g/mol. The molecule has 0 aliphatic heterocycles. The lowest BCUT2D eigenvalue weighted by molar-refractivity contribution is -0.180. The van der Waals surface area contributed by atoms with Gasteiger partial charge in [-0.3, -0.25) is 0 Å². The van der Waals surface area contributed by atoms with E-state index in [1.54, 1.807) is 28.4 Å². The van der Waals surface area contributed by atoms with Gasteiger partial charge >= 0.3 is 0 Å². The maximum Gasteiger partial charge on any atom is 0.0915 e. The molecule has 0 rings (SSSR count). The van der Waals surface area contributed by atoms with Crippen molar-refractivity contribution in [1.82, 2.24) is 0 Å². The highest BCUT2D eigenvalue weighted by molar-refractivity contribution is 4.96. The summed E-state index contributed by atoms with van der Waals surface area (Å²) in [6.07, 6.45) is -0.638. The number of hydrogen-bond acceptors (Lipinski definition) is 5. The second kappa shape index (κ2) is 8.29. The van der Waals surface area contributed by atoms with Crippen LogP contribution in [-0.2, 0) is 18.9 Å². The van der Waals surface area contributed by atoms with Gasteiger partial charge in [0.05, 0.1) is 31.5 Å². The molecule has 0 amide bonds. The van der Waals surface area contributed by atoms with E-state index in [1.165, 1.54) is 0 Å². The molecule has 3 unspecified atom stereocenters. The Balaban J connectivity index is 5.39. The SMILES string of the molecule is COCC(OC)C(C)(C)C(OC)C(OC)C(C)(C)CO. The normalized spacial score (nSPS) is 17.9. The molecule has 5 heteroatoms. The Morgan fingerprint density at radius 1 is 0.850 bits per heavy atom. The van der Waals surface area contributed by atoms with E-state index in [0.717, 1.165) is 0 Å². The standard InChI is InChI=1S/C15H32O5/c1-14(2,10-16)12(19-7)13(20-8)15(3,4)11(18-6)9-17-5/h11-13,16H,9-10H2,1-8H3. The number of aliphatic hydroxyl groups excluding tert-OH is 1. The lowest BCUT2D eigenvalue weighted by Gasteiger charge is -2.46. The molecule has 0 saturated carbocycles. The lowest BCUT2D eigenvalue weighted by atomic mass is 9.71. The minimum atomic E-state index is -0.419. The van der Waals surface area contributed by atoms with Crippen molar-refractivity contribution in [2.45, 2.75) is 46.0 Å². The summed E-state index contributed by atoms with van der Waals surface area (Å²) in [5.41, 5.74) is -0.759. The molecular weight excluding hydrogens is 260 g/mol. The summed E-state index contributed by atoms with van der Waals surface area (Å²) >= 11 is 0. The molecule has 0 aromatic rings. The fourth-order valence-corrected chi connectivity index (χ4v) is 2.68. The predicted octanol–water partition coefficient (Wildman–Crippen LogP) is 1.72. The van der Waals surface area contributed by atoms with Crippen LogP contribution in [0.3, 0.4) is 0 Å². The second-order valence-electron chi connectivity index (χ2n) is 6.46. The van der Waals surface area contributed by atoms with E-state index < -0.39 is 5.41 Å². The van der Waals surface area contributed by atoms with Crippen LogP contribution in [0.1, 0.15) is 27.7 Å². The monoisotopic (exact) mass is 292 g/mol. The van der Waals surface area contributed by atoms with Crippen LogP contribution in [0.2, 0.25) is 0 Å².